The Balaban J connectivity index is 1.80. The number of thiophene rings is 1. The lowest BCUT2D eigenvalue weighted by atomic mass is 10.0. The largest absolute Gasteiger partial charge is 0.483 e. The van der Waals surface area contributed by atoms with Crippen molar-refractivity contribution in [3.63, 3.8) is 0 Å². The van der Waals surface area contributed by atoms with Gasteiger partial charge in [0.1, 0.15) is 16.3 Å². The monoisotopic (exact) mass is 409 g/mol. The van der Waals surface area contributed by atoms with Gasteiger partial charge in [-0.15, -0.1) is 11.3 Å². The molecule has 0 aliphatic rings. The molecular weight excluding hydrogens is 386 g/mol. The molecule has 3 aromatic rings. The molecule has 0 atom stereocenters. The van der Waals surface area contributed by atoms with Gasteiger partial charge in [0.25, 0.3) is 5.91 Å². The van der Waals surface area contributed by atoms with Gasteiger partial charge in [0.05, 0.1) is 6.61 Å². The van der Waals surface area contributed by atoms with Gasteiger partial charge in [-0.2, -0.15) is 0 Å². The third-order valence-corrected chi connectivity index (χ3v) is 5.26. The molecule has 0 unspecified atom stereocenters. The summed E-state index contributed by atoms with van der Waals surface area (Å²) in [6.45, 7) is 5.73. The zero-order chi connectivity index (χ0) is 20.8. The molecule has 5 nitrogen and oxygen atoms in total. The average Bonchev–Trinajstić information content (AvgIpc) is 3.12. The number of aryl methyl sites for hydroxylation is 2. The van der Waals surface area contributed by atoms with Gasteiger partial charge in [0, 0.05) is 10.9 Å². The van der Waals surface area contributed by atoms with Crippen LogP contribution in [0.3, 0.4) is 0 Å². The summed E-state index contributed by atoms with van der Waals surface area (Å²) in [5.41, 5.74) is 3.92. The fraction of sp³-hybridized carbons (Fsp3) is 0.217. The van der Waals surface area contributed by atoms with Gasteiger partial charge in [-0.3, -0.25) is 4.79 Å². The second kappa shape index (κ2) is 9.39. The van der Waals surface area contributed by atoms with E-state index in [9.17, 15) is 9.59 Å². The van der Waals surface area contributed by atoms with E-state index in [1.807, 2.05) is 67.8 Å². The highest BCUT2D eigenvalue weighted by Crippen LogP contribution is 2.36. The minimum Gasteiger partial charge on any atom is -0.483 e. The number of para-hydroxylation sites is 1. The van der Waals surface area contributed by atoms with Gasteiger partial charge < -0.3 is 14.8 Å². The van der Waals surface area contributed by atoms with Crippen molar-refractivity contribution in [3.8, 4) is 16.9 Å². The van der Waals surface area contributed by atoms with Crippen LogP contribution in [-0.4, -0.2) is 25.1 Å². The van der Waals surface area contributed by atoms with Crippen molar-refractivity contribution in [2.24, 2.45) is 0 Å². The van der Waals surface area contributed by atoms with Crippen LogP contribution < -0.4 is 10.1 Å². The molecule has 0 bridgehead atoms. The number of carbonyl (C=O) groups excluding carboxylic acids is 2. The number of hydrogen-bond acceptors (Lipinski definition) is 5. The standard InChI is InChI=1S/C23H23NO4S/c1-4-27-23(26)20-18(17-11-6-5-7-12-17)14-29-22(20)24-19(25)13-28-21-15(2)9-8-10-16(21)3/h5-12,14H,4,13H2,1-3H3,(H,24,25). The van der Waals surface area contributed by atoms with E-state index in [2.05, 4.69) is 5.32 Å². The van der Waals surface area contributed by atoms with Crippen LogP contribution in [0.1, 0.15) is 28.4 Å². The quantitative estimate of drug-likeness (QED) is 0.543. The van der Waals surface area contributed by atoms with Gasteiger partial charge >= 0.3 is 5.97 Å². The maximum atomic E-state index is 12.6. The van der Waals surface area contributed by atoms with E-state index >= 15 is 0 Å². The number of anilines is 1. The Bertz CT molecular complexity index is 991. The van der Waals surface area contributed by atoms with E-state index in [0.29, 0.717) is 16.3 Å². The molecule has 0 saturated heterocycles. The van der Waals surface area contributed by atoms with Gasteiger partial charge in [-0.1, -0.05) is 48.5 Å². The van der Waals surface area contributed by atoms with E-state index in [-0.39, 0.29) is 19.1 Å². The van der Waals surface area contributed by atoms with Gasteiger partial charge in [-0.05, 0) is 37.5 Å². The average molecular weight is 410 g/mol. The first-order valence-corrected chi connectivity index (χ1v) is 10.2. The molecule has 1 heterocycles. The van der Waals surface area contributed by atoms with Crippen LogP contribution >= 0.6 is 11.3 Å². The summed E-state index contributed by atoms with van der Waals surface area (Å²) in [5, 5.41) is 5.11. The predicted octanol–water partition coefficient (Wildman–Crippen LogP) is 5.23. The van der Waals surface area contributed by atoms with Gasteiger partial charge in [0.15, 0.2) is 6.61 Å². The van der Waals surface area contributed by atoms with E-state index in [1.54, 1.807) is 6.92 Å². The number of benzene rings is 2. The lowest BCUT2D eigenvalue weighted by Gasteiger charge is -2.12. The number of rotatable bonds is 7. The molecule has 0 aliphatic carbocycles. The molecule has 0 spiro atoms. The highest BCUT2D eigenvalue weighted by molar-refractivity contribution is 7.15. The molecule has 0 aliphatic heterocycles. The highest BCUT2D eigenvalue weighted by atomic mass is 32.1. The van der Waals surface area contributed by atoms with Crippen molar-refractivity contribution >= 4 is 28.2 Å². The fourth-order valence-corrected chi connectivity index (χ4v) is 3.99. The molecule has 0 fully saturated rings. The summed E-state index contributed by atoms with van der Waals surface area (Å²) < 4.78 is 10.9. The Morgan fingerprint density at radius 3 is 2.34 bits per heavy atom. The number of ether oxygens (including phenoxy) is 2. The van der Waals surface area contributed by atoms with Crippen LogP contribution in [0.5, 0.6) is 5.75 Å². The van der Waals surface area contributed by atoms with Crippen LogP contribution in [0.25, 0.3) is 11.1 Å². The Morgan fingerprint density at radius 2 is 1.69 bits per heavy atom. The first-order chi connectivity index (χ1) is 14.0. The summed E-state index contributed by atoms with van der Waals surface area (Å²) in [6.07, 6.45) is 0. The van der Waals surface area contributed by atoms with Crippen LogP contribution in [0.15, 0.2) is 53.9 Å². The van der Waals surface area contributed by atoms with Crippen LogP contribution in [0.4, 0.5) is 5.00 Å². The molecule has 6 heteroatoms. The van der Waals surface area contributed by atoms with E-state index in [4.69, 9.17) is 9.47 Å². The topological polar surface area (TPSA) is 64.6 Å². The maximum Gasteiger partial charge on any atom is 0.341 e. The molecule has 2 aromatic carbocycles. The van der Waals surface area contributed by atoms with Crippen LogP contribution in [0, 0.1) is 13.8 Å². The Hall–Kier alpha value is -3.12. The normalized spacial score (nSPS) is 10.4. The van der Waals surface area contributed by atoms with Crippen molar-refractivity contribution in [2.75, 3.05) is 18.5 Å². The number of carbonyl (C=O) groups is 2. The molecule has 29 heavy (non-hydrogen) atoms. The number of amides is 1. The second-order valence-corrected chi connectivity index (χ2v) is 7.38. The van der Waals surface area contributed by atoms with E-state index in [1.165, 1.54) is 11.3 Å². The lowest BCUT2D eigenvalue weighted by molar-refractivity contribution is -0.118. The van der Waals surface area contributed by atoms with Crippen molar-refractivity contribution in [2.45, 2.75) is 20.8 Å². The maximum absolute atomic E-state index is 12.6. The second-order valence-electron chi connectivity index (χ2n) is 6.50. The summed E-state index contributed by atoms with van der Waals surface area (Å²) in [4.78, 5) is 25.1. The SMILES string of the molecule is CCOC(=O)c1c(-c2ccccc2)csc1NC(=O)COc1c(C)cccc1C. The van der Waals surface area contributed by atoms with Crippen LogP contribution in [-0.2, 0) is 9.53 Å². The molecule has 150 valence electrons. The fourth-order valence-electron chi connectivity index (χ4n) is 3.01. The zero-order valence-corrected chi connectivity index (χ0v) is 17.5. The molecule has 0 saturated carbocycles. The van der Waals surface area contributed by atoms with E-state index in [0.717, 1.165) is 22.3 Å². The first-order valence-electron chi connectivity index (χ1n) is 9.34. The van der Waals surface area contributed by atoms with Crippen molar-refractivity contribution in [1.82, 2.24) is 0 Å². The van der Waals surface area contributed by atoms with Gasteiger partial charge in [-0.25, -0.2) is 4.79 Å². The predicted molar refractivity (Wildman–Crippen MR) is 116 cm³/mol. The Kier molecular flexibility index (Phi) is 6.67. The summed E-state index contributed by atoms with van der Waals surface area (Å²) in [5.74, 6) is -0.0948. The minimum atomic E-state index is -0.460. The molecule has 0 radical (unpaired) electrons. The third kappa shape index (κ3) is 4.84. The highest BCUT2D eigenvalue weighted by Gasteiger charge is 2.23. The minimum absolute atomic E-state index is 0.146. The summed E-state index contributed by atoms with van der Waals surface area (Å²) in [6, 6.07) is 15.4. The van der Waals surface area contributed by atoms with Gasteiger partial charge in [0.2, 0.25) is 0 Å². The molecule has 3 rings (SSSR count). The third-order valence-electron chi connectivity index (χ3n) is 4.36. The zero-order valence-electron chi connectivity index (χ0n) is 16.7. The van der Waals surface area contributed by atoms with Crippen LogP contribution in [0.2, 0.25) is 0 Å². The van der Waals surface area contributed by atoms with Crippen molar-refractivity contribution in [1.29, 1.82) is 0 Å². The van der Waals surface area contributed by atoms with Crippen molar-refractivity contribution < 1.29 is 19.1 Å². The molecular formula is C23H23NO4S. The summed E-state index contributed by atoms with van der Waals surface area (Å²) in [7, 11) is 0. The Labute approximate surface area is 174 Å². The number of nitrogens with one attached hydrogen (secondary N) is 1. The lowest BCUT2D eigenvalue weighted by Crippen LogP contribution is -2.21. The number of hydrogen-bond donors (Lipinski definition) is 1. The van der Waals surface area contributed by atoms with E-state index < -0.39 is 5.97 Å². The summed E-state index contributed by atoms with van der Waals surface area (Å²) >= 11 is 1.29. The number of esters is 1. The Morgan fingerprint density at radius 1 is 1.00 bits per heavy atom. The smallest absolute Gasteiger partial charge is 0.341 e. The molecule has 1 aromatic heterocycles. The molecule has 1 amide bonds. The van der Waals surface area contributed by atoms with Crippen molar-refractivity contribution in [3.05, 3.63) is 70.6 Å². The molecule has 1 N–H and O–H groups in total. The first kappa shape index (κ1) is 20.6.